The zero-order valence-corrected chi connectivity index (χ0v) is 14.8. The van der Waals surface area contributed by atoms with Crippen molar-refractivity contribution >= 4 is 16.7 Å². The van der Waals surface area contributed by atoms with E-state index in [4.69, 9.17) is 4.74 Å². The maximum Gasteiger partial charge on any atom is 0.258 e. The Hall–Kier alpha value is -2.82. The van der Waals surface area contributed by atoms with Crippen LogP contribution < -0.4 is 10.1 Å². The van der Waals surface area contributed by atoms with Crippen LogP contribution in [0.1, 0.15) is 31.1 Å². The van der Waals surface area contributed by atoms with Crippen molar-refractivity contribution in [1.82, 2.24) is 15.1 Å². The van der Waals surface area contributed by atoms with E-state index in [0.29, 0.717) is 5.75 Å². The quantitative estimate of drug-likeness (QED) is 0.747. The number of carbonyl (C=O) groups excluding carboxylic acids is 1. The van der Waals surface area contributed by atoms with Crippen LogP contribution in [0.25, 0.3) is 10.8 Å². The van der Waals surface area contributed by atoms with Gasteiger partial charge in [0.25, 0.3) is 5.91 Å². The number of hydrogen-bond acceptors (Lipinski definition) is 3. The van der Waals surface area contributed by atoms with Crippen LogP contribution in [0.2, 0.25) is 0 Å². The lowest BCUT2D eigenvalue weighted by Crippen LogP contribution is -2.31. The highest BCUT2D eigenvalue weighted by Crippen LogP contribution is 2.20. The van der Waals surface area contributed by atoms with Crippen molar-refractivity contribution in [3.05, 3.63) is 59.9 Å². The summed E-state index contributed by atoms with van der Waals surface area (Å²) < 4.78 is 7.51. The average molecular weight is 337 g/mol. The van der Waals surface area contributed by atoms with Crippen LogP contribution in [0.15, 0.2) is 48.7 Å². The van der Waals surface area contributed by atoms with Crippen LogP contribution in [0.5, 0.6) is 5.75 Å². The molecule has 0 saturated carbocycles. The van der Waals surface area contributed by atoms with E-state index < -0.39 is 0 Å². The Morgan fingerprint density at radius 2 is 2.00 bits per heavy atom. The summed E-state index contributed by atoms with van der Waals surface area (Å²) >= 11 is 0. The SMILES string of the molecule is CCn1cc(C(C)NC(=O)COc2ccc3ccccc3c2)c(C)n1. The lowest BCUT2D eigenvalue weighted by atomic mass is 10.1. The molecule has 1 aromatic heterocycles. The highest BCUT2D eigenvalue weighted by Gasteiger charge is 2.15. The number of ether oxygens (including phenoxy) is 1. The van der Waals surface area contributed by atoms with Gasteiger partial charge in [-0.2, -0.15) is 5.10 Å². The Morgan fingerprint density at radius 3 is 2.72 bits per heavy atom. The van der Waals surface area contributed by atoms with E-state index in [1.165, 1.54) is 0 Å². The summed E-state index contributed by atoms with van der Waals surface area (Å²) in [7, 11) is 0. The molecule has 0 spiro atoms. The summed E-state index contributed by atoms with van der Waals surface area (Å²) in [5, 5.41) is 9.62. The van der Waals surface area contributed by atoms with Crippen molar-refractivity contribution in [1.29, 1.82) is 0 Å². The summed E-state index contributed by atoms with van der Waals surface area (Å²) in [6.07, 6.45) is 1.98. The fourth-order valence-corrected chi connectivity index (χ4v) is 2.89. The standard InChI is InChI=1S/C20H23N3O2/c1-4-23-12-19(15(3)22-23)14(2)21-20(24)13-25-18-10-9-16-7-5-6-8-17(16)11-18/h5-12,14H,4,13H2,1-3H3,(H,21,24). The molecule has 0 radical (unpaired) electrons. The first-order valence-electron chi connectivity index (χ1n) is 8.51. The van der Waals surface area contributed by atoms with Gasteiger partial charge in [0.2, 0.25) is 0 Å². The summed E-state index contributed by atoms with van der Waals surface area (Å²) in [6, 6.07) is 13.8. The number of hydrogen-bond donors (Lipinski definition) is 1. The molecular formula is C20H23N3O2. The Balaban J connectivity index is 1.58. The minimum absolute atomic E-state index is 0.0103. The Labute approximate surface area is 147 Å². The van der Waals surface area contributed by atoms with E-state index >= 15 is 0 Å². The number of nitrogens with zero attached hydrogens (tertiary/aromatic N) is 2. The zero-order chi connectivity index (χ0) is 17.8. The molecule has 1 N–H and O–H groups in total. The molecule has 1 heterocycles. The van der Waals surface area contributed by atoms with Gasteiger partial charge in [-0.15, -0.1) is 0 Å². The van der Waals surface area contributed by atoms with Gasteiger partial charge in [0.05, 0.1) is 11.7 Å². The topological polar surface area (TPSA) is 56.2 Å². The van der Waals surface area contributed by atoms with Gasteiger partial charge < -0.3 is 10.1 Å². The minimum Gasteiger partial charge on any atom is -0.484 e. The Bertz CT molecular complexity index is 886. The lowest BCUT2D eigenvalue weighted by Gasteiger charge is -2.14. The van der Waals surface area contributed by atoms with Gasteiger partial charge >= 0.3 is 0 Å². The van der Waals surface area contributed by atoms with Crippen LogP contribution in [0, 0.1) is 6.92 Å². The third-order valence-corrected chi connectivity index (χ3v) is 4.24. The molecule has 0 fully saturated rings. The number of fused-ring (bicyclic) bond motifs is 1. The molecule has 5 nitrogen and oxygen atoms in total. The maximum absolute atomic E-state index is 12.2. The minimum atomic E-state index is -0.149. The van der Waals surface area contributed by atoms with Crippen molar-refractivity contribution in [2.75, 3.05) is 6.61 Å². The van der Waals surface area contributed by atoms with Crippen molar-refractivity contribution in [3.63, 3.8) is 0 Å². The largest absolute Gasteiger partial charge is 0.484 e. The zero-order valence-electron chi connectivity index (χ0n) is 14.8. The number of rotatable bonds is 6. The smallest absolute Gasteiger partial charge is 0.258 e. The van der Waals surface area contributed by atoms with Gasteiger partial charge in [-0.1, -0.05) is 30.3 Å². The van der Waals surface area contributed by atoms with Crippen molar-refractivity contribution in [2.45, 2.75) is 33.4 Å². The second-order valence-corrected chi connectivity index (χ2v) is 6.11. The molecule has 5 heteroatoms. The third-order valence-electron chi connectivity index (χ3n) is 4.24. The van der Waals surface area contributed by atoms with Crippen molar-refractivity contribution in [3.8, 4) is 5.75 Å². The Morgan fingerprint density at radius 1 is 1.24 bits per heavy atom. The van der Waals surface area contributed by atoms with E-state index in [1.54, 1.807) is 0 Å². The molecule has 130 valence electrons. The van der Waals surface area contributed by atoms with Crippen LogP contribution in [-0.2, 0) is 11.3 Å². The van der Waals surface area contributed by atoms with Gasteiger partial charge in [0, 0.05) is 18.3 Å². The molecule has 2 aromatic carbocycles. The van der Waals surface area contributed by atoms with E-state index in [-0.39, 0.29) is 18.6 Å². The van der Waals surface area contributed by atoms with E-state index in [9.17, 15) is 4.79 Å². The average Bonchev–Trinajstić information content (AvgIpc) is 3.01. The molecule has 0 saturated heterocycles. The molecular weight excluding hydrogens is 314 g/mol. The van der Waals surface area contributed by atoms with Crippen LogP contribution in [0.3, 0.4) is 0 Å². The molecule has 0 aliphatic carbocycles. The van der Waals surface area contributed by atoms with Crippen LogP contribution in [-0.4, -0.2) is 22.3 Å². The second-order valence-electron chi connectivity index (χ2n) is 6.11. The van der Waals surface area contributed by atoms with Crippen LogP contribution in [0.4, 0.5) is 0 Å². The number of aromatic nitrogens is 2. The number of nitrogens with one attached hydrogen (secondary N) is 1. The fourth-order valence-electron chi connectivity index (χ4n) is 2.89. The predicted octanol–water partition coefficient (Wildman–Crippen LogP) is 3.62. The molecule has 1 unspecified atom stereocenters. The molecule has 0 aliphatic heterocycles. The van der Waals surface area contributed by atoms with Gasteiger partial charge in [-0.25, -0.2) is 0 Å². The normalized spacial score (nSPS) is 12.1. The summed E-state index contributed by atoms with van der Waals surface area (Å²) in [6.45, 7) is 6.75. The molecule has 3 rings (SSSR count). The van der Waals surface area contributed by atoms with Crippen molar-refractivity contribution < 1.29 is 9.53 Å². The van der Waals surface area contributed by atoms with Gasteiger partial charge in [0.15, 0.2) is 6.61 Å². The fraction of sp³-hybridized carbons (Fsp3) is 0.300. The maximum atomic E-state index is 12.2. The molecule has 25 heavy (non-hydrogen) atoms. The number of carbonyl (C=O) groups is 1. The molecule has 1 atom stereocenters. The molecule has 0 bridgehead atoms. The Kier molecular flexibility index (Phi) is 5.03. The summed E-state index contributed by atoms with van der Waals surface area (Å²) in [4.78, 5) is 12.2. The summed E-state index contributed by atoms with van der Waals surface area (Å²) in [5.41, 5.74) is 1.96. The number of amides is 1. The van der Waals surface area contributed by atoms with Gasteiger partial charge in [-0.3, -0.25) is 9.48 Å². The predicted molar refractivity (Wildman–Crippen MR) is 98.6 cm³/mol. The third kappa shape index (κ3) is 3.99. The number of benzene rings is 2. The van der Waals surface area contributed by atoms with Gasteiger partial charge in [0.1, 0.15) is 5.75 Å². The van der Waals surface area contributed by atoms with E-state index in [1.807, 2.05) is 74.1 Å². The van der Waals surface area contributed by atoms with E-state index in [0.717, 1.165) is 28.6 Å². The monoisotopic (exact) mass is 337 g/mol. The molecule has 1 amide bonds. The molecule has 3 aromatic rings. The second kappa shape index (κ2) is 7.38. The first-order chi connectivity index (χ1) is 12.1. The first kappa shape index (κ1) is 17.0. The summed E-state index contributed by atoms with van der Waals surface area (Å²) in [5.74, 6) is 0.542. The van der Waals surface area contributed by atoms with Gasteiger partial charge in [-0.05, 0) is 43.7 Å². The number of aryl methyl sites for hydroxylation is 2. The highest BCUT2D eigenvalue weighted by atomic mass is 16.5. The first-order valence-corrected chi connectivity index (χ1v) is 8.51. The van der Waals surface area contributed by atoms with E-state index in [2.05, 4.69) is 10.4 Å². The lowest BCUT2D eigenvalue weighted by molar-refractivity contribution is -0.123. The van der Waals surface area contributed by atoms with Crippen molar-refractivity contribution in [2.24, 2.45) is 0 Å². The molecule has 0 aliphatic rings. The van der Waals surface area contributed by atoms with Crippen LogP contribution >= 0.6 is 0 Å². The highest BCUT2D eigenvalue weighted by molar-refractivity contribution is 5.84.